The lowest BCUT2D eigenvalue weighted by atomic mass is 9.95. The van der Waals surface area contributed by atoms with Crippen molar-refractivity contribution in [3.8, 4) is 0 Å². The highest BCUT2D eigenvalue weighted by molar-refractivity contribution is 5.80. The van der Waals surface area contributed by atoms with Gasteiger partial charge in [-0.2, -0.15) is 0 Å². The van der Waals surface area contributed by atoms with Gasteiger partial charge in [0.05, 0.1) is 4.92 Å². The van der Waals surface area contributed by atoms with Crippen molar-refractivity contribution in [3.63, 3.8) is 0 Å². The maximum Gasteiger partial charge on any atom is 0.287 e. The first-order valence-corrected chi connectivity index (χ1v) is 8.44. The van der Waals surface area contributed by atoms with Crippen LogP contribution in [-0.2, 0) is 4.79 Å². The molecule has 3 N–H and O–H groups in total. The van der Waals surface area contributed by atoms with Gasteiger partial charge in [-0.25, -0.2) is 4.98 Å². The Hall–Kier alpha value is -2.22. The van der Waals surface area contributed by atoms with Crippen LogP contribution in [0.3, 0.4) is 0 Å². The lowest BCUT2D eigenvalue weighted by Crippen LogP contribution is -2.38. The van der Waals surface area contributed by atoms with Gasteiger partial charge in [0.1, 0.15) is 12.0 Å². The van der Waals surface area contributed by atoms with Gasteiger partial charge < -0.3 is 16.0 Å². The van der Waals surface area contributed by atoms with Crippen molar-refractivity contribution in [1.29, 1.82) is 0 Å². The molecule has 24 heavy (non-hydrogen) atoms. The number of nitrogens with zero attached hydrogens (tertiary/aromatic N) is 3. The Labute approximate surface area is 140 Å². The molecule has 1 unspecified atom stereocenters. The number of pyridine rings is 1. The SMILES string of the molecule is NC[C@H]1CCC[C@H]1C(=O)N1CCC(Nc2ccc([N+](=O)[O-])cn2)C1. The van der Waals surface area contributed by atoms with Crippen molar-refractivity contribution >= 4 is 17.4 Å². The van der Waals surface area contributed by atoms with Crippen LogP contribution in [0.1, 0.15) is 25.7 Å². The molecule has 1 aromatic rings. The molecule has 0 spiro atoms. The number of carbonyl (C=O) groups excluding carboxylic acids is 1. The quantitative estimate of drug-likeness (QED) is 0.621. The number of anilines is 1. The number of nitro groups is 1. The van der Waals surface area contributed by atoms with E-state index >= 15 is 0 Å². The molecule has 8 heteroatoms. The number of likely N-dealkylation sites (tertiary alicyclic amines) is 1. The average Bonchev–Trinajstić information content (AvgIpc) is 3.23. The van der Waals surface area contributed by atoms with Crippen LogP contribution < -0.4 is 11.1 Å². The van der Waals surface area contributed by atoms with E-state index in [2.05, 4.69) is 10.3 Å². The summed E-state index contributed by atoms with van der Waals surface area (Å²) in [6, 6.07) is 3.15. The highest BCUT2D eigenvalue weighted by atomic mass is 16.6. The van der Waals surface area contributed by atoms with Crippen molar-refractivity contribution < 1.29 is 9.72 Å². The van der Waals surface area contributed by atoms with Gasteiger partial charge >= 0.3 is 0 Å². The number of nitrogens with two attached hydrogens (primary N) is 1. The van der Waals surface area contributed by atoms with Crippen LogP contribution in [0, 0.1) is 22.0 Å². The first kappa shape index (κ1) is 16.6. The number of hydrogen-bond donors (Lipinski definition) is 2. The van der Waals surface area contributed by atoms with E-state index in [1.165, 1.54) is 12.3 Å². The van der Waals surface area contributed by atoms with Crippen LogP contribution in [0.25, 0.3) is 0 Å². The Morgan fingerprint density at radius 3 is 2.92 bits per heavy atom. The van der Waals surface area contributed by atoms with E-state index < -0.39 is 4.92 Å². The van der Waals surface area contributed by atoms with Crippen LogP contribution >= 0.6 is 0 Å². The second-order valence-electron chi connectivity index (χ2n) is 6.61. The Morgan fingerprint density at radius 2 is 2.25 bits per heavy atom. The summed E-state index contributed by atoms with van der Waals surface area (Å²) in [6.07, 6.45) is 5.17. The molecule has 1 saturated heterocycles. The fourth-order valence-electron chi connectivity index (χ4n) is 3.75. The largest absolute Gasteiger partial charge is 0.365 e. The lowest BCUT2D eigenvalue weighted by Gasteiger charge is -2.24. The Kier molecular flexibility index (Phi) is 4.94. The highest BCUT2D eigenvalue weighted by Crippen LogP contribution is 2.33. The van der Waals surface area contributed by atoms with Crippen LogP contribution in [0.2, 0.25) is 0 Å². The topological polar surface area (TPSA) is 114 Å². The number of carbonyl (C=O) groups is 1. The van der Waals surface area contributed by atoms with Crippen LogP contribution in [-0.4, -0.2) is 46.4 Å². The Bertz CT molecular complexity index is 606. The molecule has 130 valence electrons. The van der Waals surface area contributed by atoms with Crippen molar-refractivity contribution in [2.45, 2.75) is 31.7 Å². The van der Waals surface area contributed by atoms with Gasteiger partial charge in [0.2, 0.25) is 5.91 Å². The molecular weight excluding hydrogens is 310 g/mol. The van der Waals surface area contributed by atoms with Gasteiger partial charge in [-0.15, -0.1) is 0 Å². The molecule has 1 amide bonds. The van der Waals surface area contributed by atoms with Gasteiger partial charge in [0.25, 0.3) is 5.69 Å². The van der Waals surface area contributed by atoms with Crippen molar-refractivity contribution in [1.82, 2.24) is 9.88 Å². The number of aromatic nitrogens is 1. The van der Waals surface area contributed by atoms with Gasteiger partial charge in [-0.3, -0.25) is 14.9 Å². The monoisotopic (exact) mass is 333 g/mol. The molecule has 3 rings (SSSR count). The molecule has 2 heterocycles. The second kappa shape index (κ2) is 7.12. The first-order valence-electron chi connectivity index (χ1n) is 8.44. The van der Waals surface area contributed by atoms with Gasteiger partial charge in [0.15, 0.2) is 0 Å². The summed E-state index contributed by atoms with van der Waals surface area (Å²) in [7, 11) is 0. The lowest BCUT2D eigenvalue weighted by molar-refractivity contribution is -0.385. The smallest absolute Gasteiger partial charge is 0.287 e. The summed E-state index contributed by atoms with van der Waals surface area (Å²) < 4.78 is 0. The molecule has 1 aromatic heterocycles. The van der Waals surface area contributed by atoms with E-state index in [4.69, 9.17) is 5.73 Å². The molecule has 0 radical (unpaired) electrons. The number of rotatable bonds is 5. The summed E-state index contributed by atoms with van der Waals surface area (Å²) in [6.45, 7) is 1.96. The maximum absolute atomic E-state index is 12.7. The van der Waals surface area contributed by atoms with E-state index in [0.29, 0.717) is 24.8 Å². The zero-order valence-electron chi connectivity index (χ0n) is 13.6. The summed E-state index contributed by atoms with van der Waals surface area (Å²) in [4.78, 5) is 28.8. The van der Waals surface area contributed by atoms with Crippen LogP contribution in [0.4, 0.5) is 11.5 Å². The normalized spacial score (nSPS) is 26.5. The first-order chi connectivity index (χ1) is 11.6. The van der Waals surface area contributed by atoms with E-state index in [1.807, 2.05) is 4.90 Å². The van der Waals surface area contributed by atoms with Gasteiger partial charge in [0, 0.05) is 31.1 Å². The third-order valence-electron chi connectivity index (χ3n) is 5.09. The van der Waals surface area contributed by atoms with Crippen molar-refractivity contribution in [2.75, 3.05) is 25.0 Å². The van der Waals surface area contributed by atoms with Gasteiger partial charge in [-0.1, -0.05) is 6.42 Å². The van der Waals surface area contributed by atoms with Crippen LogP contribution in [0.5, 0.6) is 0 Å². The predicted octanol–water partition coefficient (Wildman–Crippen LogP) is 1.38. The summed E-state index contributed by atoms with van der Waals surface area (Å²) in [5.74, 6) is 1.22. The highest BCUT2D eigenvalue weighted by Gasteiger charge is 2.37. The standard InChI is InChI=1S/C16H23N5O3/c17-8-11-2-1-3-14(11)16(22)20-7-6-12(10-20)19-15-5-4-13(9-18-15)21(23)24/h4-5,9,11-12,14H,1-3,6-8,10,17H2,(H,18,19)/t11-,12?,14-/m1/s1. The summed E-state index contributed by atoms with van der Waals surface area (Å²) in [5, 5.41) is 13.9. The summed E-state index contributed by atoms with van der Waals surface area (Å²) in [5.41, 5.74) is 5.75. The van der Waals surface area contributed by atoms with Gasteiger partial charge in [-0.05, 0) is 37.8 Å². The number of amides is 1. The molecule has 0 aromatic carbocycles. The molecule has 3 atom stereocenters. The molecule has 8 nitrogen and oxygen atoms in total. The third-order valence-corrected chi connectivity index (χ3v) is 5.09. The van der Waals surface area contributed by atoms with Crippen molar-refractivity contribution in [3.05, 3.63) is 28.4 Å². The van der Waals surface area contributed by atoms with E-state index in [-0.39, 0.29) is 23.6 Å². The van der Waals surface area contributed by atoms with Crippen LogP contribution in [0.15, 0.2) is 18.3 Å². The summed E-state index contributed by atoms with van der Waals surface area (Å²) >= 11 is 0. The second-order valence-corrected chi connectivity index (χ2v) is 6.61. The predicted molar refractivity (Wildman–Crippen MR) is 89.4 cm³/mol. The minimum atomic E-state index is -0.470. The van der Waals surface area contributed by atoms with E-state index in [0.717, 1.165) is 32.2 Å². The minimum absolute atomic E-state index is 0.0298. The molecule has 2 aliphatic rings. The molecular formula is C16H23N5O3. The fraction of sp³-hybridized carbons (Fsp3) is 0.625. The molecule has 0 bridgehead atoms. The molecule has 2 fully saturated rings. The minimum Gasteiger partial charge on any atom is -0.365 e. The van der Waals surface area contributed by atoms with E-state index in [9.17, 15) is 14.9 Å². The maximum atomic E-state index is 12.7. The molecule has 1 aliphatic carbocycles. The zero-order chi connectivity index (χ0) is 17.1. The zero-order valence-corrected chi connectivity index (χ0v) is 13.6. The average molecular weight is 333 g/mol. The number of hydrogen-bond acceptors (Lipinski definition) is 6. The third kappa shape index (κ3) is 3.48. The molecule has 1 aliphatic heterocycles. The Morgan fingerprint density at radius 1 is 1.42 bits per heavy atom. The fourth-order valence-corrected chi connectivity index (χ4v) is 3.75. The van der Waals surface area contributed by atoms with E-state index in [1.54, 1.807) is 6.07 Å². The Balaban J connectivity index is 1.55. The number of nitrogens with one attached hydrogen (secondary N) is 1. The van der Waals surface area contributed by atoms with Crippen molar-refractivity contribution in [2.24, 2.45) is 17.6 Å². The molecule has 1 saturated carbocycles.